The number of ether oxygens (including phenoxy) is 1. The summed E-state index contributed by atoms with van der Waals surface area (Å²) in [5.41, 5.74) is 1.49. The normalized spacial score (nSPS) is 11.3. The van der Waals surface area contributed by atoms with Crippen molar-refractivity contribution < 1.29 is 14.3 Å². The van der Waals surface area contributed by atoms with E-state index in [-0.39, 0.29) is 11.8 Å². The molecule has 0 aliphatic rings. The fraction of sp³-hybridized carbons (Fsp3) is 0.167. The molecule has 2 amide bonds. The molecule has 5 heteroatoms. The Labute approximate surface area is 170 Å². The van der Waals surface area contributed by atoms with Crippen LogP contribution in [-0.4, -0.2) is 31.0 Å². The molecule has 3 aromatic carbocycles. The Bertz CT molecular complexity index is 899. The Morgan fingerprint density at radius 2 is 1.38 bits per heavy atom. The number of hydrogen-bond donors (Lipinski definition) is 2. The Balaban J connectivity index is 1.58. The van der Waals surface area contributed by atoms with E-state index in [1.807, 2.05) is 66.7 Å². The number of amides is 2. The highest BCUT2D eigenvalue weighted by molar-refractivity contribution is 5.97. The molecule has 0 saturated heterocycles. The summed E-state index contributed by atoms with van der Waals surface area (Å²) >= 11 is 0. The molecule has 3 rings (SSSR count). The molecule has 3 aromatic rings. The summed E-state index contributed by atoms with van der Waals surface area (Å²) in [7, 11) is 0. The van der Waals surface area contributed by atoms with Crippen molar-refractivity contribution in [3.8, 4) is 5.75 Å². The minimum Gasteiger partial charge on any atom is -0.492 e. The van der Waals surface area contributed by atoms with Crippen molar-refractivity contribution in [1.82, 2.24) is 10.6 Å². The fourth-order valence-electron chi connectivity index (χ4n) is 2.87. The van der Waals surface area contributed by atoms with Crippen LogP contribution < -0.4 is 15.4 Å². The Kier molecular flexibility index (Phi) is 7.41. The average Bonchev–Trinajstić information content (AvgIpc) is 2.78. The van der Waals surface area contributed by atoms with Crippen LogP contribution in [0, 0.1) is 0 Å². The molecule has 0 unspecified atom stereocenters. The predicted molar refractivity (Wildman–Crippen MR) is 113 cm³/mol. The van der Waals surface area contributed by atoms with Crippen LogP contribution in [-0.2, 0) is 11.2 Å². The van der Waals surface area contributed by atoms with Gasteiger partial charge in [-0.25, -0.2) is 0 Å². The van der Waals surface area contributed by atoms with Crippen LogP contribution in [0.15, 0.2) is 91.0 Å². The van der Waals surface area contributed by atoms with Gasteiger partial charge < -0.3 is 15.4 Å². The summed E-state index contributed by atoms with van der Waals surface area (Å²) in [6.45, 7) is 0.695. The molecule has 5 nitrogen and oxygen atoms in total. The van der Waals surface area contributed by atoms with Gasteiger partial charge in [-0.3, -0.25) is 9.59 Å². The molecule has 0 bridgehead atoms. The number of carbonyl (C=O) groups excluding carboxylic acids is 2. The van der Waals surface area contributed by atoms with Crippen LogP contribution in [0.4, 0.5) is 0 Å². The van der Waals surface area contributed by atoms with Crippen molar-refractivity contribution >= 4 is 11.8 Å². The van der Waals surface area contributed by atoms with Gasteiger partial charge in [-0.2, -0.15) is 0 Å². The van der Waals surface area contributed by atoms with Crippen molar-refractivity contribution in [2.24, 2.45) is 0 Å². The van der Waals surface area contributed by atoms with Crippen LogP contribution >= 0.6 is 0 Å². The zero-order valence-electron chi connectivity index (χ0n) is 16.1. The van der Waals surface area contributed by atoms with Crippen LogP contribution in [0.25, 0.3) is 0 Å². The summed E-state index contributed by atoms with van der Waals surface area (Å²) < 4.78 is 5.60. The monoisotopic (exact) mass is 388 g/mol. The topological polar surface area (TPSA) is 67.4 Å². The van der Waals surface area contributed by atoms with E-state index in [1.165, 1.54) is 0 Å². The summed E-state index contributed by atoms with van der Waals surface area (Å²) in [5, 5.41) is 5.70. The maximum absolute atomic E-state index is 12.7. The second-order valence-corrected chi connectivity index (χ2v) is 6.53. The molecule has 0 aliphatic carbocycles. The maximum atomic E-state index is 12.7. The number of carbonyl (C=O) groups is 2. The van der Waals surface area contributed by atoms with Gasteiger partial charge in [0.25, 0.3) is 5.91 Å². The molecule has 0 aromatic heterocycles. The van der Waals surface area contributed by atoms with E-state index in [9.17, 15) is 9.59 Å². The van der Waals surface area contributed by atoms with E-state index in [4.69, 9.17) is 4.74 Å². The van der Waals surface area contributed by atoms with Crippen LogP contribution in [0.3, 0.4) is 0 Å². The van der Waals surface area contributed by atoms with Crippen LogP contribution in [0.2, 0.25) is 0 Å². The zero-order valence-corrected chi connectivity index (χ0v) is 16.1. The van der Waals surface area contributed by atoms with Crippen LogP contribution in [0.5, 0.6) is 5.75 Å². The van der Waals surface area contributed by atoms with Gasteiger partial charge in [-0.15, -0.1) is 0 Å². The highest BCUT2D eigenvalue weighted by Crippen LogP contribution is 2.08. The van der Waals surface area contributed by atoms with Crippen LogP contribution in [0.1, 0.15) is 15.9 Å². The molecule has 29 heavy (non-hydrogen) atoms. The standard InChI is InChI=1S/C24H24N2O3/c27-23(20-12-6-2-7-13-20)26-22(18-19-10-4-1-5-11-19)24(28)25-16-17-29-21-14-8-3-9-15-21/h1-15,22H,16-18H2,(H,25,28)(H,26,27)/t22-/m0/s1. The number of nitrogens with one attached hydrogen (secondary N) is 2. The summed E-state index contributed by atoms with van der Waals surface area (Å²) in [5.74, 6) is 0.233. The number of benzene rings is 3. The molecule has 148 valence electrons. The molecule has 2 N–H and O–H groups in total. The smallest absolute Gasteiger partial charge is 0.251 e. The van der Waals surface area contributed by atoms with Crippen molar-refractivity contribution in [2.45, 2.75) is 12.5 Å². The lowest BCUT2D eigenvalue weighted by Gasteiger charge is -2.19. The lowest BCUT2D eigenvalue weighted by molar-refractivity contribution is -0.123. The quantitative estimate of drug-likeness (QED) is 0.553. The molecule has 0 spiro atoms. The van der Waals surface area contributed by atoms with E-state index < -0.39 is 6.04 Å². The van der Waals surface area contributed by atoms with E-state index in [1.54, 1.807) is 24.3 Å². The highest BCUT2D eigenvalue weighted by Gasteiger charge is 2.21. The van der Waals surface area contributed by atoms with Gasteiger partial charge in [-0.05, 0) is 29.8 Å². The number of hydrogen-bond acceptors (Lipinski definition) is 3. The number of para-hydroxylation sites is 1. The third kappa shape index (κ3) is 6.50. The molecule has 0 fully saturated rings. The molecule has 0 saturated carbocycles. The molecule has 0 aliphatic heterocycles. The Morgan fingerprint density at radius 3 is 2.03 bits per heavy atom. The molecule has 1 atom stereocenters. The minimum absolute atomic E-state index is 0.241. The largest absolute Gasteiger partial charge is 0.492 e. The van der Waals surface area contributed by atoms with E-state index in [0.29, 0.717) is 25.1 Å². The summed E-state index contributed by atoms with van der Waals surface area (Å²) in [6, 6.07) is 27.2. The van der Waals surface area contributed by atoms with Crippen molar-refractivity contribution in [2.75, 3.05) is 13.2 Å². The molecular weight excluding hydrogens is 364 g/mol. The average molecular weight is 388 g/mol. The predicted octanol–water partition coefficient (Wildman–Crippen LogP) is 3.22. The lowest BCUT2D eigenvalue weighted by atomic mass is 10.0. The van der Waals surface area contributed by atoms with Crippen molar-refractivity contribution in [3.05, 3.63) is 102 Å². The van der Waals surface area contributed by atoms with Gasteiger partial charge in [0.05, 0.1) is 6.54 Å². The highest BCUT2D eigenvalue weighted by atomic mass is 16.5. The van der Waals surface area contributed by atoms with Gasteiger partial charge in [0.1, 0.15) is 18.4 Å². The van der Waals surface area contributed by atoms with E-state index >= 15 is 0 Å². The van der Waals surface area contributed by atoms with Gasteiger partial charge in [0.2, 0.25) is 5.91 Å². The third-order valence-corrected chi connectivity index (χ3v) is 4.35. The summed E-state index contributed by atoms with van der Waals surface area (Å²) in [6.07, 6.45) is 0.408. The van der Waals surface area contributed by atoms with Gasteiger partial charge in [0.15, 0.2) is 0 Å². The van der Waals surface area contributed by atoms with E-state index in [2.05, 4.69) is 10.6 Å². The third-order valence-electron chi connectivity index (χ3n) is 4.35. The Hall–Kier alpha value is -3.60. The maximum Gasteiger partial charge on any atom is 0.251 e. The van der Waals surface area contributed by atoms with E-state index in [0.717, 1.165) is 11.3 Å². The summed E-state index contributed by atoms with van der Waals surface area (Å²) in [4.78, 5) is 25.3. The second-order valence-electron chi connectivity index (χ2n) is 6.53. The number of rotatable bonds is 9. The zero-order chi connectivity index (χ0) is 20.3. The van der Waals surface area contributed by atoms with Gasteiger partial charge in [0, 0.05) is 12.0 Å². The van der Waals surface area contributed by atoms with Crippen molar-refractivity contribution in [1.29, 1.82) is 0 Å². The van der Waals surface area contributed by atoms with Gasteiger partial charge >= 0.3 is 0 Å². The first-order valence-corrected chi connectivity index (χ1v) is 9.58. The molecule has 0 radical (unpaired) electrons. The fourth-order valence-corrected chi connectivity index (χ4v) is 2.87. The molecule has 0 heterocycles. The first kappa shape index (κ1) is 20.1. The van der Waals surface area contributed by atoms with Crippen molar-refractivity contribution in [3.63, 3.8) is 0 Å². The first-order chi connectivity index (χ1) is 14.2. The second kappa shape index (κ2) is 10.7. The minimum atomic E-state index is -0.679. The Morgan fingerprint density at radius 1 is 0.793 bits per heavy atom. The first-order valence-electron chi connectivity index (χ1n) is 9.58. The SMILES string of the molecule is O=C(N[C@@H](Cc1ccccc1)C(=O)NCCOc1ccccc1)c1ccccc1. The molecular formula is C24H24N2O3. The lowest BCUT2D eigenvalue weighted by Crippen LogP contribution is -2.48. The van der Waals surface area contributed by atoms with Gasteiger partial charge in [-0.1, -0.05) is 66.7 Å².